The van der Waals surface area contributed by atoms with Crippen LogP contribution in [0.4, 0.5) is 0 Å². The van der Waals surface area contributed by atoms with Crippen molar-refractivity contribution in [1.29, 1.82) is 0 Å². The zero-order valence-corrected chi connectivity index (χ0v) is 33.5. The number of allylic oxidation sites excluding steroid dienone is 1. The van der Waals surface area contributed by atoms with Gasteiger partial charge in [-0.2, -0.15) is 4.31 Å². The van der Waals surface area contributed by atoms with Gasteiger partial charge >= 0.3 is 19.5 Å². The second-order valence-electron chi connectivity index (χ2n) is 10.8. The minimum absolute atomic E-state index is 0. The summed E-state index contributed by atoms with van der Waals surface area (Å²) >= 11 is 0. The van der Waals surface area contributed by atoms with Gasteiger partial charge in [-0.15, -0.1) is 6.54 Å². The third kappa shape index (κ3) is 13.4. The molecule has 4 atom stereocenters. The number of aryl methyl sites for hydroxylation is 3. The molecular formula is C39H57N2O3Rh2S-4. The van der Waals surface area contributed by atoms with Crippen LogP contribution in [0.25, 0.3) is 11.4 Å². The van der Waals surface area contributed by atoms with Gasteiger partial charge in [0.2, 0.25) is 10.0 Å². The number of hydrogen-bond acceptors (Lipinski definition) is 3. The fourth-order valence-corrected chi connectivity index (χ4v) is 7.52. The average Bonchev–Trinajstić information content (AvgIpc) is 3.76. The van der Waals surface area contributed by atoms with E-state index in [4.69, 9.17) is 5.11 Å². The molecule has 2 aliphatic carbocycles. The Morgan fingerprint density at radius 1 is 0.766 bits per heavy atom. The topological polar surface area (TPSA) is 71.5 Å². The molecule has 8 heteroatoms. The molecule has 0 spiro atoms. The normalized spacial score (nSPS) is 20.6. The Labute approximate surface area is 315 Å². The summed E-state index contributed by atoms with van der Waals surface area (Å²) in [6.07, 6.45) is 12.8. The van der Waals surface area contributed by atoms with Crippen molar-refractivity contribution in [1.82, 2.24) is 4.31 Å². The second-order valence-corrected chi connectivity index (χ2v) is 12.6. The van der Waals surface area contributed by atoms with Gasteiger partial charge in [-0.05, 0) is 79.6 Å². The molecule has 269 valence electrons. The van der Waals surface area contributed by atoms with Crippen LogP contribution in [0.15, 0.2) is 83.8 Å². The second kappa shape index (κ2) is 24.6. The molecule has 4 unspecified atom stereocenters. The van der Waals surface area contributed by atoms with Crippen LogP contribution in [-0.2, 0) is 61.8 Å². The predicted molar refractivity (Wildman–Crippen MR) is 196 cm³/mol. The Balaban J connectivity index is -0.000000306. The molecule has 3 aromatic rings. The molecular weight excluding hydrogens is 782 g/mol. The van der Waals surface area contributed by atoms with Crippen LogP contribution in [0, 0.1) is 51.5 Å². The SMILES string of the molecule is C1=Cc2ccccc2CC1.Cc1ccc(S(=O)(=O)N2C3CCc4ccccc4C32)cc1.OC1CCCCC[N-]1.[CH3-].[CH3-].[CH3-].[CH3-].[CH3-].[CH3-].[Rh+3].[Rh]. The van der Waals surface area contributed by atoms with Gasteiger partial charge in [0.1, 0.15) is 0 Å². The third-order valence-electron chi connectivity index (χ3n) is 7.95. The molecule has 1 radical (unpaired) electrons. The summed E-state index contributed by atoms with van der Waals surface area (Å²) in [5.41, 5.74) is 6.44. The first kappa shape index (κ1) is 52.3. The van der Waals surface area contributed by atoms with E-state index in [1.54, 1.807) is 16.4 Å². The number of rotatable bonds is 2. The third-order valence-corrected chi connectivity index (χ3v) is 9.87. The number of benzene rings is 3. The van der Waals surface area contributed by atoms with E-state index in [2.05, 4.69) is 53.9 Å². The standard InChI is InChI=1S/C17H17NO2S.C10H10.C6H12NO.6CH3.2Rh/c1-12-6-9-14(10-7-12)21(19,20)18-16-11-8-13-4-2-3-5-15(13)17(16)18;1-2-6-10-8-4-3-7-9(10)5-1;8-6-4-2-1-3-5-7-6;;;;;;;;/h2-7,9-10,16-17H,8,11H2,1H3;1-3,5-7H,4,8H2;6,8H,1-5H2;6*1H3;;/q;;7*-1;;+3. The van der Waals surface area contributed by atoms with Crippen LogP contribution < -0.4 is 0 Å². The van der Waals surface area contributed by atoms with Gasteiger partial charge in [0.05, 0.1) is 10.9 Å². The van der Waals surface area contributed by atoms with E-state index in [-0.39, 0.29) is 102 Å². The van der Waals surface area contributed by atoms with Crippen LogP contribution in [-0.4, -0.2) is 36.6 Å². The van der Waals surface area contributed by atoms with Crippen LogP contribution in [0.3, 0.4) is 0 Å². The van der Waals surface area contributed by atoms with Crippen molar-refractivity contribution in [3.63, 3.8) is 0 Å². The van der Waals surface area contributed by atoms with Crippen LogP contribution in [0.1, 0.15) is 72.4 Å². The molecule has 5 nitrogen and oxygen atoms in total. The van der Waals surface area contributed by atoms with E-state index < -0.39 is 10.0 Å². The predicted octanol–water partition coefficient (Wildman–Crippen LogP) is 9.65. The summed E-state index contributed by atoms with van der Waals surface area (Å²) in [6.45, 7) is 2.82. The number of aliphatic hydroxyl groups is 1. The Hall–Kier alpha value is -1.52. The van der Waals surface area contributed by atoms with Crippen molar-refractivity contribution < 1.29 is 52.5 Å². The van der Waals surface area contributed by atoms with Crippen LogP contribution in [0.2, 0.25) is 0 Å². The largest absolute Gasteiger partial charge is 3.00 e. The molecule has 0 saturated carbocycles. The summed E-state index contributed by atoms with van der Waals surface area (Å²) in [5, 5.41) is 12.9. The smallest absolute Gasteiger partial charge is 0.637 e. The maximum atomic E-state index is 12.8. The number of aliphatic hydroxyl groups excluding tert-OH is 1. The van der Waals surface area contributed by atoms with E-state index in [1.807, 2.05) is 31.2 Å². The average molecular weight is 840 g/mol. The molecule has 0 bridgehead atoms. The van der Waals surface area contributed by atoms with Crippen molar-refractivity contribution in [3.8, 4) is 0 Å². The zero-order chi connectivity index (χ0) is 27.2. The van der Waals surface area contributed by atoms with Crippen molar-refractivity contribution in [3.05, 3.63) is 157 Å². The minimum Gasteiger partial charge on any atom is -0.637 e. The van der Waals surface area contributed by atoms with Crippen LogP contribution >= 0.6 is 0 Å². The number of sulfonamides is 1. The molecule has 7 rings (SSSR count). The Morgan fingerprint density at radius 2 is 1.38 bits per heavy atom. The molecule has 0 amide bonds. The summed E-state index contributed by atoms with van der Waals surface area (Å²) in [5.74, 6) is 0. The van der Waals surface area contributed by atoms with Crippen molar-refractivity contribution in [2.45, 2.75) is 81.5 Å². The van der Waals surface area contributed by atoms with E-state index in [1.165, 1.54) is 41.5 Å². The minimum atomic E-state index is -3.37. The molecule has 2 heterocycles. The van der Waals surface area contributed by atoms with Gasteiger partial charge in [-0.3, -0.25) is 0 Å². The first-order chi connectivity index (χ1) is 18.9. The molecule has 2 fully saturated rings. The van der Waals surface area contributed by atoms with Gasteiger partial charge in [0.15, 0.2) is 0 Å². The Morgan fingerprint density at radius 3 is 2.04 bits per heavy atom. The Bertz CT molecular complexity index is 1390. The van der Waals surface area contributed by atoms with E-state index in [9.17, 15) is 8.42 Å². The molecule has 2 aliphatic heterocycles. The van der Waals surface area contributed by atoms with Crippen molar-refractivity contribution in [2.24, 2.45) is 0 Å². The molecule has 2 saturated heterocycles. The molecule has 1 N–H and O–H groups in total. The number of nitrogens with zero attached hydrogens (tertiary/aromatic N) is 2. The van der Waals surface area contributed by atoms with Gasteiger partial charge in [-0.25, -0.2) is 8.42 Å². The molecule has 4 aliphatic rings. The first-order valence-electron chi connectivity index (χ1n) is 14.2. The quantitative estimate of drug-likeness (QED) is 0.159. The van der Waals surface area contributed by atoms with Gasteiger partial charge in [0.25, 0.3) is 0 Å². The maximum Gasteiger partial charge on any atom is 3.00 e. The number of hydrogen-bond donors (Lipinski definition) is 1. The summed E-state index contributed by atoms with van der Waals surface area (Å²) < 4.78 is 27.3. The molecule has 47 heavy (non-hydrogen) atoms. The summed E-state index contributed by atoms with van der Waals surface area (Å²) in [7, 11) is -3.37. The summed E-state index contributed by atoms with van der Waals surface area (Å²) in [4.78, 5) is 0.403. The maximum absolute atomic E-state index is 12.8. The van der Waals surface area contributed by atoms with Crippen molar-refractivity contribution >= 4 is 16.1 Å². The molecule has 3 aromatic carbocycles. The van der Waals surface area contributed by atoms with Gasteiger partial charge < -0.3 is 55.0 Å². The first-order valence-corrected chi connectivity index (χ1v) is 15.7. The molecule has 0 aromatic heterocycles. The van der Waals surface area contributed by atoms with Gasteiger partial charge in [-0.1, -0.05) is 97.6 Å². The fraction of sp³-hybridized carbons (Fsp3) is 0.333. The van der Waals surface area contributed by atoms with Crippen LogP contribution in [0.5, 0.6) is 0 Å². The Kier molecular flexibility index (Phi) is 27.4. The van der Waals surface area contributed by atoms with Gasteiger partial charge in [0, 0.05) is 25.5 Å². The zero-order valence-electron chi connectivity index (χ0n) is 29.4. The number of fused-ring (bicyclic) bond motifs is 4. The van der Waals surface area contributed by atoms with E-state index >= 15 is 0 Å². The van der Waals surface area contributed by atoms with Crippen molar-refractivity contribution in [2.75, 3.05) is 6.54 Å². The van der Waals surface area contributed by atoms with E-state index in [0.29, 0.717) is 4.90 Å². The monoisotopic (exact) mass is 839 g/mol. The fourth-order valence-electron chi connectivity index (χ4n) is 5.72. The van der Waals surface area contributed by atoms with E-state index in [0.717, 1.165) is 44.2 Å². The summed E-state index contributed by atoms with van der Waals surface area (Å²) in [6, 6.07) is 24.1.